The van der Waals surface area contributed by atoms with Crippen LogP contribution in [0.25, 0.3) is 0 Å². The van der Waals surface area contributed by atoms with Gasteiger partial charge in [-0.25, -0.2) is 10.2 Å². The number of halogens is 4. The van der Waals surface area contributed by atoms with Crippen molar-refractivity contribution in [3.63, 3.8) is 0 Å². The van der Waals surface area contributed by atoms with Gasteiger partial charge in [0.05, 0.1) is 11.3 Å². The van der Waals surface area contributed by atoms with E-state index in [1.165, 1.54) is 7.05 Å². The van der Waals surface area contributed by atoms with Gasteiger partial charge in [-0.1, -0.05) is 0 Å². The summed E-state index contributed by atoms with van der Waals surface area (Å²) in [7, 11) is 1.34. The molecule has 0 saturated carbocycles. The summed E-state index contributed by atoms with van der Waals surface area (Å²) >= 11 is 0. The molecule has 8 heteroatoms. The van der Waals surface area contributed by atoms with Gasteiger partial charge in [0, 0.05) is 7.05 Å². The van der Waals surface area contributed by atoms with Crippen LogP contribution in [0.2, 0.25) is 0 Å². The smallest absolute Gasteiger partial charge is 0.323 e. The van der Waals surface area contributed by atoms with Crippen LogP contribution in [-0.4, -0.2) is 13.0 Å². The highest BCUT2D eigenvalue weighted by atomic mass is 19.4. The Labute approximate surface area is 94.5 Å². The highest BCUT2D eigenvalue weighted by Gasteiger charge is 2.31. The maximum atomic E-state index is 13.2. The van der Waals surface area contributed by atoms with E-state index in [9.17, 15) is 17.6 Å². The van der Waals surface area contributed by atoms with E-state index in [-0.39, 0.29) is 11.6 Å². The minimum atomic E-state index is -4.54. The van der Waals surface area contributed by atoms with E-state index in [2.05, 4.69) is 15.7 Å². The third-order valence-electron chi connectivity index (χ3n) is 1.91. The van der Waals surface area contributed by atoms with Crippen LogP contribution in [0.4, 0.5) is 23.2 Å². The van der Waals surface area contributed by atoms with Crippen LogP contribution in [0.5, 0.6) is 0 Å². The fraction of sp³-hybridized carbons (Fsp3) is 0.222. The van der Waals surface area contributed by atoms with Gasteiger partial charge in [0.25, 0.3) is 0 Å². The predicted octanol–water partition coefficient (Wildman–Crippen LogP) is 1.71. The third-order valence-corrected chi connectivity index (χ3v) is 1.91. The number of alkyl halides is 3. The zero-order chi connectivity index (χ0) is 13.1. The van der Waals surface area contributed by atoms with Crippen molar-refractivity contribution in [2.75, 3.05) is 12.4 Å². The fourth-order valence-electron chi connectivity index (χ4n) is 1.08. The van der Waals surface area contributed by atoms with E-state index in [1.807, 2.05) is 0 Å². The first-order valence-corrected chi connectivity index (χ1v) is 4.45. The number of nitrogens with two attached hydrogens (primary N) is 1. The van der Waals surface area contributed by atoms with Crippen LogP contribution >= 0.6 is 0 Å². The molecule has 4 N–H and O–H groups in total. The Balaban J connectivity index is 3.07. The van der Waals surface area contributed by atoms with Crippen LogP contribution in [0.3, 0.4) is 0 Å². The first-order chi connectivity index (χ1) is 7.88. The van der Waals surface area contributed by atoms with Crippen molar-refractivity contribution < 1.29 is 17.6 Å². The molecule has 0 amide bonds. The van der Waals surface area contributed by atoms with Gasteiger partial charge in [0.2, 0.25) is 5.96 Å². The molecule has 0 aromatic heterocycles. The lowest BCUT2D eigenvalue weighted by Gasteiger charge is -2.12. The van der Waals surface area contributed by atoms with Gasteiger partial charge in [-0.15, -0.1) is 0 Å². The Morgan fingerprint density at radius 3 is 2.47 bits per heavy atom. The van der Waals surface area contributed by atoms with Gasteiger partial charge >= 0.3 is 6.18 Å². The second-order valence-electron chi connectivity index (χ2n) is 3.03. The van der Waals surface area contributed by atoms with Crippen LogP contribution in [0.15, 0.2) is 23.2 Å². The van der Waals surface area contributed by atoms with E-state index in [1.54, 1.807) is 0 Å². The fourth-order valence-corrected chi connectivity index (χ4v) is 1.08. The summed E-state index contributed by atoms with van der Waals surface area (Å²) < 4.78 is 50.4. The molecule has 94 valence electrons. The van der Waals surface area contributed by atoms with E-state index in [0.29, 0.717) is 12.1 Å². The summed E-state index contributed by atoms with van der Waals surface area (Å²) in [4.78, 5) is 3.56. The Bertz CT molecular complexity index is 427. The lowest BCUT2D eigenvalue weighted by molar-refractivity contribution is -0.137. The molecule has 0 aliphatic heterocycles. The highest BCUT2D eigenvalue weighted by molar-refractivity contribution is 5.93. The second kappa shape index (κ2) is 5.00. The standard InChI is InChI=1S/C9H10F4N4/c1-15-8(17-14)16-7-4-5(9(11,12)13)2-3-6(7)10/h2-4H,14H2,1H3,(H2,15,16,17). The van der Waals surface area contributed by atoms with Crippen molar-refractivity contribution in [3.8, 4) is 0 Å². The number of hydrogen-bond donors (Lipinski definition) is 3. The number of nitrogens with zero attached hydrogens (tertiary/aromatic N) is 1. The number of rotatable bonds is 1. The SMILES string of the molecule is CN=C(NN)Nc1cc(C(F)(F)F)ccc1F. The summed E-state index contributed by atoms with van der Waals surface area (Å²) in [6, 6.07) is 2.01. The van der Waals surface area contributed by atoms with E-state index >= 15 is 0 Å². The Kier molecular flexibility index (Phi) is 3.89. The molecular formula is C9H10F4N4. The monoisotopic (exact) mass is 250 g/mol. The second-order valence-corrected chi connectivity index (χ2v) is 3.03. The molecule has 4 nitrogen and oxygen atoms in total. The molecule has 0 fully saturated rings. The molecule has 1 aromatic rings. The van der Waals surface area contributed by atoms with E-state index in [0.717, 1.165) is 6.07 Å². The molecule has 0 unspecified atom stereocenters. The summed E-state index contributed by atoms with van der Waals surface area (Å²) in [5, 5.41) is 2.30. The molecule has 0 spiro atoms. The van der Waals surface area contributed by atoms with Gasteiger partial charge in [-0.05, 0) is 18.2 Å². The summed E-state index contributed by atoms with van der Waals surface area (Å²) in [6.07, 6.45) is -4.54. The molecule has 0 atom stereocenters. The van der Waals surface area contributed by atoms with Gasteiger partial charge < -0.3 is 5.32 Å². The first-order valence-electron chi connectivity index (χ1n) is 4.45. The maximum Gasteiger partial charge on any atom is 0.416 e. The molecule has 0 aliphatic rings. The first kappa shape index (κ1) is 13.2. The van der Waals surface area contributed by atoms with Gasteiger partial charge in [-0.2, -0.15) is 13.2 Å². The third kappa shape index (κ3) is 3.31. The average Bonchev–Trinajstić information content (AvgIpc) is 2.26. The van der Waals surface area contributed by atoms with Crippen molar-refractivity contribution in [2.24, 2.45) is 10.8 Å². The number of nitrogens with one attached hydrogen (secondary N) is 2. The van der Waals surface area contributed by atoms with Gasteiger partial charge in [0.15, 0.2) is 0 Å². The lowest BCUT2D eigenvalue weighted by atomic mass is 10.2. The highest BCUT2D eigenvalue weighted by Crippen LogP contribution is 2.31. The van der Waals surface area contributed by atoms with Crippen LogP contribution < -0.4 is 16.6 Å². The molecule has 17 heavy (non-hydrogen) atoms. The topological polar surface area (TPSA) is 62.4 Å². The van der Waals surface area contributed by atoms with Crippen LogP contribution in [-0.2, 0) is 6.18 Å². The quantitative estimate of drug-likeness (QED) is 0.234. The molecule has 0 heterocycles. The summed E-state index contributed by atoms with van der Waals surface area (Å²) in [6.45, 7) is 0. The van der Waals surface area contributed by atoms with Gasteiger partial charge in [-0.3, -0.25) is 10.4 Å². The average molecular weight is 250 g/mol. The predicted molar refractivity (Wildman–Crippen MR) is 55.7 cm³/mol. The number of hydrogen-bond acceptors (Lipinski definition) is 2. The molecule has 0 radical (unpaired) electrons. The number of hydrazine groups is 1. The summed E-state index contributed by atoms with van der Waals surface area (Å²) in [5.74, 6) is 4.13. The van der Waals surface area contributed by atoms with Crippen molar-refractivity contribution in [2.45, 2.75) is 6.18 Å². The zero-order valence-corrected chi connectivity index (χ0v) is 8.77. The molecule has 0 aliphatic carbocycles. The zero-order valence-electron chi connectivity index (χ0n) is 8.77. The maximum absolute atomic E-state index is 13.2. The Hall–Kier alpha value is -1.83. The normalized spacial score (nSPS) is 12.5. The summed E-state index contributed by atoms with van der Waals surface area (Å²) in [5.41, 5.74) is 0.750. The van der Waals surface area contributed by atoms with E-state index in [4.69, 9.17) is 5.84 Å². The van der Waals surface area contributed by atoms with Gasteiger partial charge in [0.1, 0.15) is 5.82 Å². The Morgan fingerprint density at radius 2 is 2.00 bits per heavy atom. The molecule has 0 saturated heterocycles. The molecular weight excluding hydrogens is 240 g/mol. The van der Waals surface area contributed by atoms with E-state index < -0.39 is 17.6 Å². The lowest BCUT2D eigenvalue weighted by Crippen LogP contribution is -2.36. The number of anilines is 1. The minimum Gasteiger partial charge on any atom is -0.323 e. The number of benzene rings is 1. The number of aliphatic imine (C=N–C) groups is 1. The Morgan fingerprint density at radius 1 is 1.35 bits per heavy atom. The van der Waals surface area contributed by atoms with Crippen molar-refractivity contribution >= 4 is 11.6 Å². The van der Waals surface area contributed by atoms with Crippen LogP contribution in [0, 0.1) is 5.82 Å². The van der Waals surface area contributed by atoms with Crippen molar-refractivity contribution in [1.82, 2.24) is 5.43 Å². The van der Waals surface area contributed by atoms with Crippen molar-refractivity contribution in [3.05, 3.63) is 29.6 Å². The molecule has 1 aromatic carbocycles. The minimum absolute atomic E-state index is 0.0526. The molecule has 1 rings (SSSR count). The van der Waals surface area contributed by atoms with Crippen LogP contribution in [0.1, 0.15) is 5.56 Å². The largest absolute Gasteiger partial charge is 0.416 e. The molecule has 0 bridgehead atoms. The number of guanidine groups is 1. The van der Waals surface area contributed by atoms with Crippen molar-refractivity contribution in [1.29, 1.82) is 0 Å².